The Hall–Kier alpha value is -2.90. The number of benzene rings is 1. The van der Waals surface area contributed by atoms with Crippen LogP contribution >= 0.6 is 0 Å². The molecular weight excluding hydrogens is 298 g/mol. The van der Waals surface area contributed by atoms with Crippen molar-refractivity contribution < 1.29 is 14.3 Å². The van der Waals surface area contributed by atoms with Crippen LogP contribution in [0.4, 0.5) is 11.6 Å². The van der Waals surface area contributed by atoms with Crippen molar-refractivity contribution in [1.82, 2.24) is 14.8 Å². The molecule has 0 spiro atoms. The highest BCUT2D eigenvalue weighted by Gasteiger charge is 2.33. The van der Waals surface area contributed by atoms with E-state index in [1.54, 1.807) is 13.0 Å². The van der Waals surface area contributed by atoms with Gasteiger partial charge >= 0.3 is 0 Å². The third-order valence-corrected chi connectivity index (χ3v) is 3.58. The molecule has 1 aliphatic heterocycles. The first kappa shape index (κ1) is 15.0. The third kappa shape index (κ3) is 2.87. The van der Waals surface area contributed by atoms with E-state index in [9.17, 15) is 9.59 Å². The number of ether oxygens (including phenoxy) is 1. The van der Waals surface area contributed by atoms with Gasteiger partial charge in [0.15, 0.2) is 0 Å². The molecule has 1 aromatic carbocycles. The monoisotopic (exact) mass is 315 g/mol. The first-order chi connectivity index (χ1) is 11.0. The molecule has 2 amide bonds. The van der Waals surface area contributed by atoms with E-state index < -0.39 is 6.04 Å². The summed E-state index contributed by atoms with van der Waals surface area (Å²) < 4.78 is 6.69. The maximum absolute atomic E-state index is 12.6. The van der Waals surface area contributed by atoms with Gasteiger partial charge in [0.2, 0.25) is 17.8 Å². The maximum atomic E-state index is 12.6. The topological polar surface area (TPSA) is 98.1 Å². The third-order valence-electron chi connectivity index (χ3n) is 3.58. The Kier molecular flexibility index (Phi) is 3.73. The van der Waals surface area contributed by atoms with Gasteiger partial charge < -0.3 is 10.1 Å². The number of hydrogen-bond acceptors (Lipinski definition) is 5. The van der Waals surface area contributed by atoms with Crippen LogP contribution in [0.25, 0.3) is 0 Å². The number of rotatable bonds is 3. The van der Waals surface area contributed by atoms with Gasteiger partial charge in [0.1, 0.15) is 17.6 Å². The van der Waals surface area contributed by atoms with Crippen molar-refractivity contribution in [3.8, 4) is 5.75 Å². The lowest BCUT2D eigenvalue weighted by Gasteiger charge is -2.23. The van der Waals surface area contributed by atoms with Crippen LogP contribution in [-0.2, 0) is 9.59 Å². The predicted octanol–water partition coefficient (Wildman–Crippen LogP) is 1.43. The van der Waals surface area contributed by atoms with Crippen molar-refractivity contribution in [3.63, 3.8) is 0 Å². The van der Waals surface area contributed by atoms with Gasteiger partial charge in [0, 0.05) is 0 Å². The lowest BCUT2D eigenvalue weighted by atomic mass is 10.1. The molecule has 3 rings (SSSR count). The summed E-state index contributed by atoms with van der Waals surface area (Å²) in [5.41, 5.74) is 1.54. The molecule has 0 fully saturated rings. The number of anilines is 2. The molecular formula is C15H17N5O3. The van der Waals surface area contributed by atoms with Gasteiger partial charge in [-0.1, -0.05) is 6.07 Å². The van der Waals surface area contributed by atoms with Gasteiger partial charge in [-0.3, -0.25) is 14.9 Å². The largest absolute Gasteiger partial charge is 0.495 e. The summed E-state index contributed by atoms with van der Waals surface area (Å²) in [6.45, 7) is 3.62. The molecule has 8 nitrogen and oxygen atoms in total. The molecule has 0 bridgehead atoms. The van der Waals surface area contributed by atoms with Gasteiger partial charge in [-0.25, -0.2) is 4.68 Å². The summed E-state index contributed by atoms with van der Waals surface area (Å²) in [5.74, 6) is 0.735. The normalized spacial score (nSPS) is 16.5. The van der Waals surface area contributed by atoms with Crippen LogP contribution in [-0.4, -0.2) is 33.7 Å². The lowest BCUT2D eigenvalue weighted by molar-refractivity contribution is -0.125. The highest BCUT2D eigenvalue weighted by atomic mass is 16.5. The van der Waals surface area contributed by atoms with Gasteiger partial charge in [-0.15, -0.1) is 0 Å². The minimum absolute atomic E-state index is 0.00969. The smallest absolute Gasteiger partial charge is 0.250 e. The Bertz CT molecular complexity index is 783. The molecule has 0 aliphatic carbocycles. The number of carbonyl (C=O) groups excluding carboxylic acids is 2. The van der Waals surface area contributed by atoms with Gasteiger partial charge in [-0.2, -0.15) is 10.1 Å². The molecule has 120 valence electrons. The van der Waals surface area contributed by atoms with Crippen LogP contribution in [0.15, 0.2) is 18.2 Å². The highest BCUT2D eigenvalue weighted by Crippen LogP contribution is 2.28. The summed E-state index contributed by atoms with van der Waals surface area (Å²) in [5, 5.41) is 9.61. The molecule has 1 aromatic heterocycles. The molecule has 0 saturated heterocycles. The number of methoxy groups -OCH3 is 1. The van der Waals surface area contributed by atoms with Crippen molar-refractivity contribution in [3.05, 3.63) is 29.6 Å². The van der Waals surface area contributed by atoms with Crippen molar-refractivity contribution in [1.29, 1.82) is 0 Å². The van der Waals surface area contributed by atoms with Crippen molar-refractivity contribution in [2.45, 2.75) is 26.3 Å². The van der Waals surface area contributed by atoms with E-state index in [0.29, 0.717) is 17.3 Å². The van der Waals surface area contributed by atoms with Crippen LogP contribution < -0.4 is 15.4 Å². The van der Waals surface area contributed by atoms with Gasteiger partial charge in [0.05, 0.1) is 19.2 Å². The number of amides is 2. The van der Waals surface area contributed by atoms with Gasteiger partial charge in [-0.05, 0) is 31.5 Å². The zero-order valence-corrected chi connectivity index (χ0v) is 13.1. The summed E-state index contributed by atoms with van der Waals surface area (Å²) in [6, 6.07) is 4.74. The maximum Gasteiger partial charge on any atom is 0.250 e. The number of aromatic nitrogens is 3. The second-order valence-electron chi connectivity index (χ2n) is 5.39. The molecule has 0 saturated carbocycles. The standard InChI is InChI=1S/C15H17N5O3/c1-8-4-5-12(23-3)10(6-8)17-14(22)11-7-13(21)18-15-16-9(2)19-20(11)15/h4-6,11H,7H2,1-3H3,(H,17,22)(H,16,18,19,21). The van der Waals surface area contributed by atoms with E-state index in [4.69, 9.17) is 4.74 Å². The van der Waals surface area contributed by atoms with E-state index in [-0.39, 0.29) is 24.2 Å². The molecule has 1 atom stereocenters. The number of aryl methyl sites for hydroxylation is 2. The lowest BCUT2D eigenvalue weighted by Crippen LogP contribution is -2.36. The van der Waals surface area contributed by atoms with Crippen LogP contribution in [0, 0.1) is 13.8 Å². The molecule has 1 aliphatic rings. The van der Waals surface area contributed by atoms with Crippen molar-refractivity contribution in [2.75, 3.05) is 17.7 Å². The summed E-state index contributed by atoms with van der Waals surface area (Å²) in [7, 11) is 1.53. The van der Waals surface area contributed by atoms with E-state index >= 15 is 0 Å². The van der Waals surface area contributed by atoms with Crippen LogP contribution in [0.3, 0.4) is 0 Å². The fourth-order valence-electron chi connectivity index (χ4n) is 2.51. The molecule has 8 heteroatoms. The number of hydrogen-bond donors (Lipinski definition) is 2. The molecule has 2 N–H and O–H groups in total. The molecule has 0 radical (unpaired) electrons. The van der Waals surface area contributed by atoms with Crippen LogP contribution in [0.5, 0.6) is 5.75 Å². The highest BCUT2D eigenvalue weighted by molar-refractivity contribution is 6.01. The SMILES string of the molecule is COc1ccc(C)cc1NC(=O)C1CC(=O)Nc2nc(C)nn21. The van der Waals surface area contributed by atoms with Crippen molar-refractivity contribution in [2.24, 2.45) is 0 Å². The average Bonchev–Trinajstić information content (AvgIpc) is 2.86. The minimum atomic E-state index is -0.745. The van der Waals surface area contributed by atoms with Crippen LogP contribution in [0.1, 0.15) is 23.9 Å². The number of carbonyl (C=O) groups is 2. The van der Waals surface area contributed by atoms with E-state index in [0.717, 1.165) is 5.56 Å². The van der Waals surface area contributed by atoms with E-state index in [1.807, 2.05) is 19.1 Å². The number of nitrogens with one attached hydrogen (secondary N) is 2. The molecule has 2 heterocycles. The summed E-state index contributed by atoms with van der Waals surface area (Å²) in [4.78, 5) is 28.5. The Morgan fingerprint density at radius 2 is 2.22 bits per heavy atom. The Labute approximate surface area is 132 Å². The zero-order chi connectivity index (χ0) is 16.6. The molecule has 2 aromatic rings. The van der Waals surface area contributed by atoms with Gasteiger partial charge in [0.25, 0.3) is 0 Å². The Balaban J connectivity index is 1.89. The summed E-state index contributed by atoms with van der Waals surface area (Å²) >= 11 is 0. The van der Waals surface area contributed by atoms with Crippen molar-refractivity contribution >= 4 is 23.5 Å². The fourth-order valence-corrected chi connectivity index (χ4v) is 2.51. The Morgan fingerprint density at radius 1 is 1.43 bits per heavy atom. The number of nitrogens with zero attached hydrogens (tertiary/aromatic N) is 3. The first-order valence-electron chi connectivity index (χ1n) is 7.16. The first-order valence-corrected chi connectivity index (χ1v) is 7.16. The van der Waals surface area contributed by atoms with Crippen LogP contribution in [0.2, 0.25) is 0 Å². The zero-order valence-electron chi connectivity index (χ0n) is 13.1. The number of fused-ring (bicyclic) bond motifs is 1. The van der Waals surface area contributed by atoms with E-state index in [2.05, 4.69) is 20.7 Å². The second kappa shape index (κ2) is 5.71. The quantitative estimate of drug-likeness (QED) is 0.892. The minimum Gasteiger partial charge on any atom is -0.495 e. The molecule has 23 heavy (non-hydrogen) atoms. The second-order valence-corrected chi connectivity index (χ2v) is 5.39. The predicted molar refractivity (Wildman–Crippen MR) is 83.4 cm³/mol. The average molecular weight is 315 g/mol. The summed E-state index contributed by atoms with van der Waals surface area (Å²) in [6.07, 6.45) is 0.00969. The molecule has 1 unspecified atom stereocenters. The van der Waals surface area contributed by atoms with E-state index in [1.165, 1.54) is 11.8 Å². The fraction of sp³-hybridized carbons (Fsp3) is 0.333. The Morgan fingerprint density at radius 3 is 2.96 bits per heavy atom.